The summed E-state index contributed by atoms with van der Waals surface area (Å²) >= 11 is 12.3. The van der Waals surface area contributed by atoms with Gasteiger partial charge >= 0.3 is 0 Å². The third-order valence-electron chi connectivity index (χ3n) is 6.87. The number of ketones is 2. The van der Waals surface area contributed by atoms with E-state index in [2.05, 4.69) is 32.5 Å². The number of allylic oxidation sites excluding steroid dienone is 1. The molecule has 1 saturated heterocycles. The smallest absolute Gasteiger partial charge is 0.258 e. The summed E-state index contributed by atoms with van der Waals surface area (Å²) in [5.74, 6) is -0.326. The quantitative estimate of drug-likeness (QED) is 0.223. The summed E-state index contributed by atoms with van der Waals surface area (Å²) in [6.07, 6.45) is 7.37. The lowest BCUT2D eigenvalue weighted by Gasteiger charge is -2.33. The van der Waals surface area contributed by atoms with Crippen molar-refractivity contribution >= 4 is 52.1 Å². The van der Waals surface area contributed by atoms with Crippen LogP contribution in [0.4, 0.5) is 11.4 Å². The van der Waals surface area contributed by atoms with Gasteiger partial charge in [-0.1, -0.05) is 47.5 Å². The molecule has 1 aliphatic heterocycles. The van der Waals surface area contributed by atoms with E-state index in [4.69, 9.17) is 23.2 Å². The zero-order valence-corrected chi connectivity index (χ0v) is 24.1. The highest BCUT2D eigenvalue weighted by Gasteiger charge is 2.25. The molecule has 1 aromatic heterocycles. The zero-order chi connectivity index (χ0) is 28.6. The second-order valence-electron chi connectivity index (χ2n) is 10.2. The van der Waals surface area contributed by atoms with Crippen molar-refractivity contribution in [1.29, 1.82) is 0 Å². The minimum Gasteiger partial charge on any atom is -0.372 e. The number of anilines is 2. The number of piperidine rings is 1. The van der Waals surface area contributed by atoms with Gasteiger partial charge in [0.25, 0.3) is 5.91 Å². The molecule has 1 aliphatic rings. The van der Waals surface area contributed by atoms with Crippen LogP contribution in [-0.4, -0.2) is 66.3 Å². The van der Waals surface area contributed by atoms with Crippen molar-refractivity contribution in [3.63, 3.8) is 0 Å². The van der Waals surface area contributed by atoms with Crippen LogP contribution in [0.25, 0.3) is 0 Å². The largest absolute Gasteiger partial charge is 0.372 e. The molecule has 0 saturated carbocycles. The van der Waals surface area contributed by atoms with Crippen LogP contribution in [0.3, 0.4) is 0 Å². The van der Waals surface area contributed by atoms with E-state index in [9.17, 15) is 14.4 Å². The highest BCUT2D eigenvalue weighted by atomic mass is 35.5. The van der Waals surface area contributed by atoms with Gasteiger partial charge in [-0.3, -0.25) is 19.5 Å². The van der Waals surface area contributed by atoms with Crippen LogP contribution in [0.5, 0.6) is 0 Å². The summed E-state index contributed by atoms with van der Waals surface area (Å²) in [5.41, 5.74) is 2.78. The molecule has 0 atom stereocenters. The number of hydrogen-bond acceptors (Lipinski definition) is 6. The van der Waals surface area contributed by atoms with E-state index in [0.717, 1.165) is 43.7 Å². The third kappa shape index (κ3) is 7.81. The number of likely N-dealkylation sites (N-methyl/N-ethyl adjacent to an activating group) is 1. The van der Waals surface area contributed by atoms with Crippen LogP contribution in [0, 0.1) is 5.92 Å². The number of H-pyrrole nitrogens is 1. The maximum absolute atomic E-state index is 13.1. The lowest BCUT2D eigenvalue weighted by molar-refractivity contribution is -0.114. The summed E-state index contributed by atoms with van der Waals surface area (Å²) in [5, 5.41) is 9.85. The van der Waals surface area contributed by atoms with Gasteiger partial charge < -0.3 is 15.1 Å². The first-order chi connectivity index (χ1) is 19.2. The molecule has 2 aromatic carbocycles. The molecule has 1 amide bonds. The summed E-state index contributed by atoms with van der Waals surface area (Å²) in [7, 11) is 3.93. The number of halogens is 2. The predicted octanol–water partition coefficient (Wildman–Crippen LogP) is 5.69. The van der Waals surface area contributed by atoms with E-state index in [1.807, 2.05) is 37.2 Å². The van der Waals surface area contributed by atoms with E-state index in [0.29, 0.717) is 18.5 Å². The first-order valence-corrected chi connectivity index (χ1v) is 14.0. The number of rotatable bonds is 11. The molecular weight excluding hydrogens is 549 g/mol. The average molecular weight is 583 g/mol. The number of aromatic amines is 1. The number of Topliss-reactive ketones (excluding diaryl/α,β-unsaturated/α-hetero) is 1. The van der Waals surface area contributed by atoms with E-state index >= 15 is 0 Å². The van der Waals surface area contributed by atoms with E-state index in [1.165, 1.54) is 6.20 Å². The minimum atomic E-state index is -0.507. The van der Waals surface area contributed by atoms with Crippen molar-refractivity contribution in [3.05, 3.63) is 87.7 Å². The summed E-state index contributed by atoms with van der Waals surface area (Å²) in [4.78, 5) is 42.5. The molecule has 8 nitrogen and oxygen atoms in total. The number of carbonyl (C=O) groups excluding carboxylic acids is 3. The minimum absolute atomic E-state index is 0.0838. The molecule has 0 radical (unpaired) electrons. The Morgan fingerprint density at radius 2 is 1.80 bits per heavy atom. The van der Waals surface area contributed by atoms with Crippen molar-refractivity contribution < 1.29 is 14.4 Å². The molecule has 2 heterocycles. The van der Waals surface area contributed by atoms with E-state index < -0.39 is 5.91 Å². The van der Waals surface area contributed by atoms with Crippen LogP contribution < -0.4 is 10.2 Å². The summed E-state index contributed by atoms with van der Waals surface area (Å²) in [6.45, 7) is 2.36. The SMILES string of the molecule is CN(C)C/C=C/C(=O)Cc1cccc(N2CCC(CC(=O)c3[nH]ncc3NC(=O)c3c(Cl)cccc3Cl)CC2)c1. The van der Waals surface area contributed by atoms with Gasteiger partial charge in [0.15, 0.2) is 11.6 Å². The second-order valence-corrected chi connectivity index (χ2v) is 11.1. The molecule has 4 rings (SSSR count). The molecule has 2 N–H and O–H groups in total. The first kappa shape index (κ1) is 29.5. The van der Waals surface area contributed by atoms with Gasteiger partial charge in [0.2, 0.25) is 0 Å². The second kappa shape index (κ2) is 13.7. The van der Waals surface area contributed by atoms with Crippen LogP contribution >= 0.6 is 23.2 Å². The fourth-order valence-corrected chi connectivity index (χ4v) is 5.34. The fourth-order valence-electron chi connectivity index (χ4n) is 4.77. The Morgan fingerprint density at radius 1 is 1.10 bits per heavy atom. The van der Waals surface area contributed by atoms with Gasteiger partial charge in [-0.25, -0.2) is 0 Å². The van der Waals surface area contributed by atoms with E-state index in [1.54, 1.807) is 24.3 Å². The van der Waals surface area contributed by atoms with Gasteiger partial charge in [0.1, 0.15) is 5.69 Å². The maximum atomic E-state index is 13.1. The van der Waals surface area contributed by atoms with Gasteiger partial charge in [0.05, 0.1) is 27.5 Å². The zero-order valence-electron chi connectivity index (χ0n) is 22.6. The number of nitrogens with one attached hydrogen (secondary N) is 2. The molecule has 1 fully saturated rings. The summed E-state index contributed by atoms with van der Waals surface area (Å²) in [6, 6.07) is 12.9. The van der Waals surface area contributed by atoms with Gasteiger partial charge in [-0.15, -0.1) is 0 Å². The average Bonchev–Trinajstić information content (AvgIpc) is 3.37. The Bertz CT molecular complexity index is 1370. The van der Waals surface area contributed by atoms with Crippen molar-refractivity contribution in [2.45, 2.75) is 25.7 Å². The molecule has 0 bridgehead atoms. The molecule has 40 heavy (non-hydrogen) atoms. The van der Waals surface area contributed by atoms with Crippen molar-refractivity contribution in [3.8, 4) is 0 Å². The lowest BCUT2D eigenvalue weighted by atomic mass is 9.90. The fraction of sp³-hybridized carbons (Fsp3) is 0.333. The van der Waals surface area contributed by atoms with Crippen LogP contribution in [0.1, 0.15) is 45.7 Å². The Labute approximate surface area is 244 Å². The number of nitrogens with zero attached hydrogens (tertiary/aromatic N) is 3. The van der Waals surface area contributed by atoms with Crippen LogP contribution in [0.2, 0.25) is 10.0 Å². The maximum Gasteiger partial charge on any atom is 0.258 e. The third-order valence-corrected chi connectivity index (χ3v) is 7.50. The Balaban J connectivity index is 1.31. The molecule has 0 spiro atoms. The Morgan fingerprint density at radius 3 is 2.50 bits per heavy atom. The van der Waals surface area contributed by atoms with Crippen LogP contribution in [0.15, 0.2) is 60.8 Å². The molecule has 0 unspecified atom stereocenters. The molecule has 10 heteroatoms. The number of amides is 1. The molecule has 210 valence electrons. The van der Waals surface area contributed by atoms with Crippen molar-refractivity contribution in [1.82, 2.24) is 15.1 Å². The Hall–Kier alpha value is -3.46. The van der Waals surface area contributed by atoms with Crippen molar-refractivity contribution in [2.24, 2.45) is 5.92 Å². The number of aromatic nitrogens is 2. The van der Waals surface area contributed by atoms with Crippen molar-refractivity contribution in [2.75, 3.05) is 43.9 Å². The molecule has 3 aromatic rings. The topological polar surface area (TPSA) is 98.4 Å². The predicted molar refractivity (Wildman–Crippen MR) is 160 cm³/mol. The Kier molecular flexibility index (Phi) is 10.1. The first-order valence-electron chi connectivity index (χ1n) is 13.2. The highest BCUT2D eigenvalue weighted by molar-refractivity contribution is 6.40. The molecular formula is C30H33Cl2N5O3. The number of carbonyl (C=O) groups is 3. The van der Waals surface area contributed by atoms with Crippen LogP contribution in [-0.2, 0) is 11.2 Å². The lowest BCUT2D eigenvalue weighted by Crippen LogP contribution is -2.34. The summed E-state index contributed by atoms with van der Waals surface area (Å²) < 4.78 is 0. The monoisotopic (exact) mass is 581 g/mol. The van der Waals surface area contributed by atoms with E-state index in [-0.39, 0.29) is 38.8 Å². The van der Waals surface area contributed by atoms with Gasteiger partial charge in [0, 0.05) is 38.2 Å². The number of benzene rings is 2. The van der Waals surface area contributed by atoms with Gasteiger partial charge in [-0.2, -0.15) is 5.10 Å². The van der Waals surface area contributed by atoms with Gasteiger partial charge in [-0.05, 0) is 68.8 Å². The highest BCUT2D eigenvalue weighted by Crippen LogP contribution is 2.29. The number of hydrogen-bond donors (Lipinski definition) is 2. The molecule has 0 aliphatic carbocycles. The normalized spacial score (nSPS) is 14.2. The standard InChI is InChI=1S/C30H33Cl2N5O3/c1-36(2)13-5-8-23(38)17-21-6-3-7-22(16-21)37-14-11-20(12-15-37)18-27(39)29-26(19-33-35-29)34-30(40)28-24(31)9-4-10-25(28)32/h3-10,16,19-20H,11-15,17-18H2,1-2H3,(H,33,35)(H,34,40)/b8-5+.